The number of hydrogen-bond donors (Lipinski definition) is 0. The van der Waals surface area contributed by atoms with Crippen LogP contribution in [-0.2, 0) is 32.7 Å². The van der Waals surface area contributed by atoms with Crippen LogP contribution in [0.1, 0.15) is 65.4 Å². The largest absolute Gasteiger partial charge is 0.336 e. The fourth-order valence-electron chi connectivity index (χ4n) is 4.41. The summed E-state index contributed by atoms with van der Waals surface area (Å²) in [5, 5.41) is 0.385. The summed E-state index contributed by atoms with van der Waals surface area (Å²) in [6, 6.07) is 9.57. The van der Waals surface area contributed by atoms with Gasteiger partial charge in [0.25, 0.3) is 0 Å². The molecule has 0 saturated carbocycles. The molecule has 0 amide bonds. The molecule has 2 heterocycles. The fraction of sp³-hybridized carbons (Fsp3) is 0.429. The molecule has 0 aliphatic carbocycles. The summed E-state index contributed by atoms with van der Waals surface area (Å²) in [6.07, 6.45) is 0.626. The van der Waals surface area contributed by atoms with Crippen LogP contribution in [0.5, 0.6) is 0 Å². The van der Waals surface area contributed by atoms with Gasteiger partial charge in [0.15, 0.2) is 5.15 Å². The van der Waals surface area contributed by atoms with E-state index in [2.05, 4.69) is 9.97 Å². The molecular formula is C28H33ClF2N3O3P. The highest BCUT2D eigenvalue weighted by Gasteiger charge is 2.35. The minimum Gasteiger partial charge on any atom is -0.332 e. The van der Waals surface area contributed by atoms with Crippen LogP contribution in [0.3, 0.4) is 0 Å². The van der Waals surface area contributed by atoms with Gasteiger partial charge in [0, 0.05) is 19.0 Å². The second-order valence-corrected chi connectivity index (χ2v) is 13.6. The Bertz CT molecular complexity index is 1520. The second-order valence-electron chi connectivity index (χ2n) is 11.3. The van der Waals surface area contributed by atoms with Crippen LogP contribution >= 0.6 is 19.2 Å². The van der Waals surface area contributed by atoms with Gasteiger partial charge < -0.3 is 13.6 Å². The maximum absolute atomic E-state index is 14.9. The third-order valence-electron chi connectivity index (χ3n) is 5.60. The zero-order valence-corrected chi connectivity index (χ0v) is 24.4. The van der Waals surface area contributed by atoms with Crippen molar-refractivity contribution in [2.24, 2.45) is 0 Å². The van der Waals surface area contributed by atoms with E-state index in [-0.39, 0.29) is 23.2 Å². The van der Waals surface area contributed by atoms with Crippen molar-refractivity contribution in [1.29, 1.82) is 0 Å². The number of benzene rings is 2. The molecule has 204 valence electrons. The molecule has 4 rings (SSSR count). The van der Waals surface area contributed by atoms with Crippen molar-refractivity contribution < 1.29 is 22.4 Å². The van der Waals surface area contributed by atoms with E-state index in [1.54, 1.807) is 4.57 Å². The van der Waals surface area contributed by atoms with Crippen molar-refractivity contribution in [2.45, 2.75) is 78.8 Å². The molecule has 6 nitrogen and oxygen atoms in total. The highest BCUT2D eigenvalue weighted by molar-refractivity contribution is 7.53. The lowest BCUT2D eigenvalue weighted by Gasteiger charge is -2.32. The Morgan fingerprint density at radius 1 is 0.947 bits per heavy atom. The van der Waals surface area contributed by atoms with E-state index in [9.17, 15) is 13.3 Å². The number of halogens is 3. The average molecular weight is 564 g/mol. The molecule has 0 fully saturated rings. The van der Waals surface area contributed by atoms with Crippen LogP contribution in [0.15, 0.2) is 36.4 Å². The van der Waals surface area contributed by atoms with Crippen molar-refractivity contribution in [3.63, 3.8) is 0 Å². The molecule has 4 aromatic rings. The molecule has 0 atom stereocenters. The Kier molecular flexibility index (Phi) is 7.76. The number of aromatic nitrogens is 3. The van der Waals surface area contributed by atoms with E-state index >= 15 is 0 Å². The van der Waals surface area contributed by atoms with Crippen LogP contribution in [0.4, 0.5) is 8.78 Å². The van der Waals surface area contributed by atoms with Crippen LogP contribution in [0.2, 0.25) is 5.15 Å². The summed E-state index contributed by atoms with van der Waals surface area (Å²) in [6.45, 7) is 13.2. The molecule has 2 aromatic carbocycles. The highest BCUT2D eigenvalue weighted by Crippen LogP contribution is 2.56. The van der Waals surface area contributed by atoms with Crippen LogP contribution in [-0.4, -0.2) is 25.7 Å². The lowest BCUT2D eigenvalue weighted by atomic mass is 10.1. The standard InChI is InChI=1S/C28H33ClF2N3O3P/c1-8-22-32-24-23-20(31)13-19(30)14-21(23)34(25(24)26(29)33-22)15-17-9-11-18(12-10-17)16-38(35,36-27(2,3)4)37-28(5,6)7/h9-14H,8,15-16H2,1-7H3. The zero-order chi connectivity index (χ0) is 28.0. The lowest BCUT2D eigenvalue weighted by Crippen LogP contribution is -2.24. The van der Waals surface area contributed by atoms with Crippen molar-refractivity contribution in [1.82, 2.24) is 14.5 Å². The van der Waals surface area contributed by atoms with E-state index in [0.717, 1.165) is 17.2 Å². The lowest BCUT2D eigenvalue weighted by molar-refractivity contribution is 0.0485. The van der Waals surface area contributed by atoms with Crippen LogP contribution in [0.25, 0.3) is 21.9 Å². The molecular weight excluding hydrogens is 531 g/mol. The molecule has 0 aliphatic rings. The van der Waals surface area contributed by atoms with Gasteiger partial charge in [-0.2, -0.15) is 0 Å². The first-order valence-electron chi connectivity index (χ1n) is 12.5. The van der Waals surface area contributed by atoms with Crippen LogP contribution in [0, 0.1) is 11.6 Å². The molecule has 2 aromatic heterocycles. The number of nitrogens with zero attached hydrogens (tertiary/aromatic N) is 3. The van der Waals surface area contributed by atoms with Gasteiger partial charge >= 0.3 is 7.60 Å². The second kappa shape index (κ2) is 10.3. The number of aryl methyl sites for hydroxylation is 1. The Hall–Kier alpha value is -2.38. The fourth-order valence-corrected chi connectivity index (χ4v) is 7.19. The van der Waals surface area contributed by atoms with Gasteiger partial charge in [0.1, 0.15) is 28.5 Å². The molecule has 0 bridgehead atoms. The van der Waals surface area contributed by atoms with E-state index in [4.69, 9.17) is 20.6 Å². The maximum atomic E-state index is 14.9. The summed E-state index contributed by atoms with van der Waals surface area (Å²) in [7, 11) is -3.47. The van der Waals surface area contributed by atoms with Gasteiger partial charge in [-0.15, -0.1) is 0 Å². The van der Waals surface area contributed by atoms with Gasteiger partial charge in [-0.3, -0.25) is 4.57 Å². The summed E-state index contributed by atoms with van der Waals surface area (Å²) >= 11 is 6.53. The molecule has 0 spiro atoms. The smallest absolute Gasteiger partial charge is 0.332 e. The summed E-state index contributed by atoms with van der Waals surface area (Å²) in [5.74, 6) is -0.916. The van der Waals surface area contributed by atoms with E-state index in [1.165, 1.54) is 6.07 Å². The van der Waals surface area contributed by atoms with Crippen molar-refractivity contribution in [2.75, 3.05) is 0 Å². The molecule has 38 heavy (non-hydrogen) atoms. The third-order valence-corrected chi connectivity index (χ3v) is 8.27. The highest BCUT2D eigenvalue weighted by atomic mass is 35.5. The van der Waals surface area contributed by atoms with Crippen molar-refractivity contribution in [3.8, 4) is 0 Å². The number of hydrogen-bond acceptors (Lipinski definition) is 5. The van der Waals surface area contributed by atoms with Gasteiger partial charge in [-0.05, 0) is 58.7 Å². The molecule has 0 N–H and O–H groups in total. The Labute approximate surface area is 226 Å². The minimum absolute atomic E-state index is 0.104. The summed E-state index contributed by atoms with van der Waals surface area (Å²) in [4.78, 5) is 8.85. The van der Waals surface area contributed by atoms with Crippen molar-refractivity contribution in [3.05, 3.63) is 70.1 Å². The predicted molar refractivity (Wildman–Crippen MR) is 148 cm³/mol. The first-order chi connectivity index (χ1) is 17.6. The van der Waals surface area contributed by atoms with Crippen LogP contribution < -0.4 is 0 Å². The average Bonchev–Trinajstić information content (AvgIpc) is 3.05. The zero-order valence-electron chi connectivity index (χ0n) is 22.7. The number of rotatable bonds is 7. The number of fused-ring (bicyclic) bond motifs is 3. The monoisotopic (exact) mass is 563 g/mol. The maximum Gasteiger partial charge on any atom is 0.336 e. The molecule has 0 saturated heterocycles. The Morgan fingerprint density at radius 3 is 2.08 bits per heavy atom. The molecule has 0 radical (unpaired) electrons. The molecule has 0 unspecified atom stereocenters. The first kappa shape index (κ1) is 28.6. The topological polar surface area (TPSA) is 66.2 Å². The first-order valence-corrected chi connectivity index (χ1v) is 14.6. The Morgan fingerprint density at radius 2 is 1.53 bits per heavy atom. The van der Waals surface area contributed by atoms with E-state index in [0.29, 0.717) is 28.8 Å². The van der Waals surface area contributed by atoms with Crippen molar-refractivity contribution >= 4 is 41.1 Å². The third kappa shape index (κ3) is 6.42. The van der Waals surface area contributed by atoms with E-state index in [1.807, 2.05) is 72.7 Å². The Balaban J connectivity index is 1.72. The SMILES string of the molecule is CCc1nc(Cl)c2c(n1)c1c(F)cc(F)cc1n2Cc1ccc(CP(=O)(OC(C)(C)C)OC(C)(C)C)cc1. The van der Waals surface area contributed by atoms with Gasteiger partial charge in [0.05, 0.1) is 28.3 Å². The quantitative estimate of drug-likeness (QED) is 0.167. The normalized spacial score (nSPS) is 13.1. The van der Waals surface area contributed by atoms with Gasteiger partial charge in [0.2, 0.25) is 0 Å². The van der Waals surface area contributed by atoms with Gasteiger partial charge in [-0.25, -0.2) is 18.7 Å². The molecule has 10 heteroatoms. The summed E-state index contributed by atoms with van der Waals surface area (Å²) in [5.41, 5.74) is 1.45. The predicted octanol–water partition coefficient (Wildman–Crippen LogP) is 8.45. The summed E-state index contributed by atoms with van der Waals surface area (Å²) < 4.78 is 56.4. The minimum atomic E-state index is -3.47. The van der Waals surface area contributed by atoms with Gasteiger partial charge in [-0.1, -0.05) is 42.8 Å². The molecule has 0 aliphatic heterocycles. The van der Waals surface area contributed by atoms with E-state index < -0.39 is 30.4 Å².